The van der Waals surface area contributed by atoms with Crippen LogP contribution in [-0.4, -0.2) is 34.5 Å². The zero-order chi connectivity index (χ0) is 18.8. The van der Waals surface area contributed by atoms with Crippen molar-refractivity contribution in [2.45, 2.75) is 20.3 Å². The SMILES string of the molecule is CC(=O)Cc1ccc(C2=CC=NC2)cc1C(=O)c1cc(C)c(O)c(O)c1. The van der Waals surface area contributed by atoms with Crippen molar-refractivity contribution in [2.75, 3.05) is 6.54 Å². The van der Waals surface area contributed by atoms with E-state index in [1.165, 1.54) is 19.1 Å². The van der Waals surface area contributed by atoms with Crippen LogP contribution in [0.3, 0.4) is 0 Å². The highest BCUT2D eigenvalue weighted by atomic mass is 16.3. The van der Waals surface area contributed by atoms with Crippen molar-refractivity contribution in [3.05, 3.63) is 64.2 Å². The lowest BCUT2D eigenvalue weighted by molar-refractivity contribution is -0.116. The van der Waals surface area contributed by atoms with Gasteiger partial charge in [0.05, 0.1) is 6.54 Å². The molecule has 5 nitrogen and oxygen atoms in total. The second-order valence-corrected chi connectivity index (χ2v) is 6.42. The Morgan fingerprint density at radius 1 is 1.15 bits per heavy atom. The number of carbonyl (C=O) groups is 2. The molecule has 1 aliphatic heterocycles. The summed E-state index contributed by atoms with van der Waals surface area (Å²) in [7, 11) is 0. The molecule has 132 valence electrons. The maximum absolute atomic E-state index is 13.1. The summed E-state index contributed by atoms with van der Waals surface area (Å²) in [5.74, 6) is -0.932. The van der Waals surface area contributed by atoms with Crippen LogP contribution in [0.15, 0.2) is 41.4 Å². The highest BCUT2D eigenvalue weighted by Gasteiger charge is 2.19. The summed E-state index contributed by atoms with van der Waals surface area (Å²) in [4.78, 5) is 28.8. The number of phenolic OH excluding ortho intramolecular Hbond substituents is 2. The standard InChI is InChI=1S/C21H19NO4/c1-12-7-17(10-19(24)20(12)25)21(26)18-9-14(16-5-6-22-11-16)3-4-15(18)8-13(2)23/h3-7,9-10,24-25H,8,11H2,1-2H3. The van der Waals surface area contributed by atoms with Gasteiger partial charge in [-0.1, -0.05) is 12.1 Å². The maximum atomic E-state index is 13.1. The van der Waals surface area contributed by atoms with Crippen LogP contribution >= 0.6 is 0 Å². The third-order valence-electron chi connectivity index (χ3n) is 4.35. The molecular formula is C21H19NO4. The van der Waals surface area contributed by atoms with Crippen LogP contribution in [0.1, 0.15) is 39.5 Å². The predicted molar refractivity (Wildman–Crippen MR) is 100 cm³/mol. The first-order valence-electron chi connectivity index (χ1n) is 8.26. The van der Waals surface area contributed by atoms with Gasteiger partial charge in [-0.25, -0.2) is 0 Å². The van der Waals surface area contributed by atoms with Crippen LogP contribution in [0.4, 0.5) is 0 Å². The molecule has 0 radical (unpaired) electrons. The Morgan fingerprint density at radius 3 is 2.54 bits per heavy atom. The highest BCUT2D eigenvalue weighted by molar-refractivity contribution is 6.11. The van der Waals surface area contributed by atoms with Crippen molar-refractivity contribution in [1.29, 1.82) is 0 Å². The van der Waals surface area contributed by atoms with Gasteiger partial charge in [0, 0.05) is 23.8 Å². The molecule has 2 aromatic rings. The Bertz CT molecular complexity index is 947. The molecule has 1 heterocycles. The third-order valence-corrected chi connectivity index (χ3v) is 4.35. The molecule has 0 bridgehead atoms. The molecule has 0 unspecified atom stereocenters. The summed E-state index contributed by atoms with van der Waals surface area (Å²) in [5, 5.41) is 19.6. The van der Waals surface area contributed by atoms with Gasteiger partial charge in [-0.2, -0.15) is 0 Å². The second-order valence-electron chi connectivity index (χ2n) is 6.42. The largest absolute Gasteiger partial charge is 0.504 e. The van der Waals surface area contributed by atoms with Gasteiger partial charge in [-0.15, -0.1) is 0 Å². The molecule has 0 aliphatic carbocycles. The van der Waals surface area contributed by atoms with E-state index in [2.05, 4.69) is 4.99 Å². The van der Waals surface area contributed by atoms with E-state index in [9.17, 15) is 19.8 Å². The van der Waals surface area contributed by atoms with Crippen molar-refractivity contribution in [2.24, 2.45) is 4.99 Å². The molecule has 26 heavy (non-hydrogen) atoms. The molecule has 1 aliphatic rings. The zero-order valence-electron chi connectivity index (χ0n) is 14.6. The number of rotatable bonds is 5. The number of aryl methyl sites for hydroxylation is 1. The summed E-state index contributed by atoms with van der Waals surface area (Å²) in [5.41, 5.74) is 3.59. The summed E-state index contributed by atoms with van der Waals surface area (Å²) < 4.78 is 0. The number of nitrogens with zero attached hydrogens (tertiary/aromatic N) is 1. The van der Waals surface area contributed by atoms with Crippen LogP contribution in [0.2, 0.25) is 0 Å². The van der Waals surface area contributed by atoms with Gasteiger partial charge in [-0.3, -0.25) is 14.6 Å². The van der Waals surface area contributed by atoms with Crippen LogP contribution in [-0.2, 0) is 11.2 Å². The minimum Gasteiger partial charge on any atom is -0.504 e. The van der Waals surface area contributed by atoms with Gasteiger partial charge in [-0.05, 0) is 60.4 Å². The number of phenols is 2. The summed E-state index contributed by atoms with van der Waals surface area (Å²) in [6, 6.07) is 8.21. The Kier molecular flexibility index (Phi) is 4.71. The first kappa shape index (κ1) is 17.6. The Morgan fingerprint density at radius 2 is 1.92 bits per heavy atom. The van der Waals surface area contributed by atoms with E-state index in [0.717, 1.165) is 11.1 Å². The maximum Gasteiger partial charge on any atom is 0.193 e. The first-order valence-corrected chi connectivity index (χ1v) is 8.26. The second kappa shape index (κ2) is 6.96. The Balaban J connectivity index is 2.09. The van der Waals surface area contributed by atoms with Crippen molar-refractivity contribution in [3.8, 4) is 11.5 Å². The van der Waals surface area contributed by atoms with Gasteiger partial charge in [0.2, 0.25) is 0 Å². The molecular weight excluding hydrogens is 330 g/mol. The fraction of sp³-hybridized carbons (Fsp3) is 0.190. The minimum atomic E-state index is -0.343. The smallest absolute Gasteiger partial charge is 0.193 e. The van der Waals surface area contributed by atoms with Crippen LogP contribution in [0.5, 0.6) is 11.5 Å². The topological polar surface area (TPSA) is 87.0 Å². The van der Waals surface area contributed by atoms with Gasteiger partial charge >= 0.3 is 0 Å². The fourth-order valence-corrected chi connectivity index (χ4v) is 2.99. The summed E-state index contributed by atoms with van der Waals surface area (Å²) in [6.07, 6.45) is 3.77. The van der Waals surface area contributed by atoms with E-state index in [1.54, 1.807) is 25.3 Å². The quantitative estimate of drug-likeness (QED) is 0.641. The van der Waals surface area contributed by atoms with Gasteiger partial charge < -0.3 is 10.2 Å². The van der Waals surface area contributed by atoms with Crippen molar-refractivity contribution < 1.29 is 19.8 Å². The number of carbonyl (C=O) groups excluding carboxylic acids is 2. The van der Waals surface area contributed by atoms with E-state index in [1.807, 2.05) is 12.1 Å². The van der Waals surface area contributed by atoms with Crippen LogP contribution < -0.4 is 0 Å². The van der Waals surface area contributed by atoms with Crippen molar-refractivity contribution >= 4 is 23.4 Å². The lowest BCUT2D eigenvalue weighted by atomic mass is 9.91. The lowest BCUT2D eigenvalue weighted by Gasteiger charge is -2.12. The molecule has 0 aromatic heterocycles. The van der Waals surface area contributed by atoms with Crippen molar-refractivity contribution in [1.82, 2.24) is 0 Å². The molecule has 0 amide bonds. The number of benzene rings is 2. The molecule has 2 aromatic carbocycles. The van der Waals surface area contributed by atoms with Crippen LogP contribution in [0, 0.1) is 6.92 Å². The minimum absolute atomic E-state index is 0.0417. The van der Waals surface area contributed by atoms with E-state index in [0.29, 0.717) is 23.2 Å². The van der Waals surface area contributed by atoms with E-state index < -0.39 is 0 Å². The molecule has 0 saturated heterocycles. The molecule has 3 rings (SSSR count). The first-order chi connectivity index (χ1) is 12.4. The average molecular weight is 349 g/mol. The summed E-state index contributed by atoms with van der Waals surface area (Å²) in [6.45, 7) is 3.64. The number of allylic oxidation sites excluding steroid dienone is 1. The lowest BCUT2D eigenvalue weighted by Crippen LogP contribution is -2.09. The van der Waals surface area contributed by atoms with Crippen molar-refractivity contribution in [3.63, 3.8) is 0 Å². The normalized spacial score (nSPS) is 12.9. The number of Topliss-reactive ketones (excluding diaryl/α,β-unsaturated/α-hetero) is 1. The Hall–Kier alpha value is -3.21. The van der Waals surface area contributed by atoms with E-state index in [4.69, 9.17) is 0 Å². The predicted octanol–water partition coefficient (Wildman–Crippen LogP) is 3.24. The molecule has 0 spiro atoms. The third kappa shape index (κ3) is 3.42. The fourth-order valence-electron chi connectivity index (χ4n) is 2.99. The number of hydrogen-bond acceptors (Lipinski definition) is 5. The van der Waals surface area contributed by atoms with Gasteiger partial charge in [0.1, 0.15) is 5.78 Å². The van der Waals surface area contributed by atoms with E-state index in [-0.39, 0.29) is 35.0 Å². The zero-order valence-corrected chi connectivity index (χ0v) is 14.6. The number of ketones is 2. The monoisotopic (exact) mass is 349 g/mol. The van der Waals surface area contributed by atoms with E-state index >= 15 is 0 Å². The molecule has 5 heteroatoms. The van der Waals surface area contributed by atoms with Crippen LogP contribution in [0.25, 0.3) is 5.57 Å². The molecule has 2 N–H and O–H groups in total. The number of aromatic hydroxyl groups is 2. The average Bonchev–Trinajstić information content (AvgIpc) is 3.13. The molecule has 0 fully saturated rings. The number of aliphatic imine (C=N–C) groups is 1. The van der Waals surface area contributed by atoms with Gasteiger partial charge in [0.25, 0.3) is 0 Å². The molecule has 0 saturated carbocycles. The number of hydrogen-bond donors (Lipinski definition) is 2. The Labute approximate surface area is 151 Å². The van der Waals surface area contributed by atoms with Gasteiger partial charge in [0.15, 0.2) is 17.3 Å². The highest BCUT2D eigenvalue weighted by Crippen LogP contribution is 2.31. The summed E-state index contributed by atoms with van der Waals surface area (Å²) >= 11 is 0. The molecule has 0 atom stereocenters.